The normalized spacial score (nSPS) is 12.2. The van der Waals surface area contributed by atoms with Gasteiger partial charge in [-0.2, -0.15) is 0 Å². The molecule has 0 aromatic carbocycles. The maximum atomic E-state index is 11.9. The Kier molecular flexibility index (Phi) is 5.80. The summed E-state index contributed by atoms with van der Waals surface area (Å²) in [6.45, 7) is 11.3. The van der Waals surface area contributed by atoms with E-state index in [0.29, 0.717) is 6.54 Å². The molecule has 0 aliphatic carbocycles. The Labute approximate surface area is 110 Å². The molecule has 0 rings (SSSR count). The predicted molar refractivity (Wildman–Crippen MR) is 71.0 cm³/mol. The third-order valence-electron chi connectivity index (χ3n) is 2.39. The molecule has 0 aromatic heterocycles. The van der Waals surface area contributed by atoms with Crippen LogP contribution in [0.15, 0.2) is 0 Å². The predicted octanol–water partition coefficient (Wildman–Crippen LogP) is 0.768. The minimum absolute atomic E-state index is 0.0278. The molecule has 0 saturated carbocycles. The van der Waals surface area contributed by atoms with E-state index < -0.39 is 11.0 Å². The van der Waals surface area contributed by atoms with E-state index in [1.165, 1.54) is 4.90 Å². The van der Waals surface area contributed by atoms with Crippen molar-refractivity contribution in [1.82, 2.24) is 10.2 Å². The van der Waals surface area contributed by atoms with E-state index in [1.54, 1.807) is 34.6 Å². The van der Waals surface area contributed by atoms with Crippen LogP contribution in [0.5, 0.6) is 0 Å². The average molecular weight is 258 g/mol. The molecule has 0 saturated heterocycles. The SMILES string of the molecule is CCN(CC(C)(C)O)C(=O)CNC(=O)C(C)(C)C. The molecule has 0 spiro atoms. The van der Waals surface area contributed by atoms with Gasteiger partial charge in [-0.15, -0.1) is 0 Å². The highest BCUT2D eigenvalue weighted by Gasteiger charge is 2.24. The molecule has 0 atom stereocenters. The van der Waals surface area contributed by atoms with Crippen molar-refractivity contribution in [2.24, 2.45) is 5.41 Å². The number of nitrogens with one attached hydrogen (secondary N) is 1. The Hall–Kier alpha value is -1.10. The lowest BCUT2D eigenvalue weighted by molar-refractivity contribution is -0.136. The quantitative estimate of drug-likeness (QED) is 0.765. The largest absolute Gasteiger partial charge is 0.389 e. The topological polar surface area (TPSA) is 69.6 Å². The van der Waals surface area contributed by atoms with Crippen LogP contribution in [0, 0.1) is 5.41 Å². The van der Waals surface area contributed by atoms with Crippen LogP contribution >= 0.6 is 0 Å². The highest BCUT2D eigenvalue weighted by molar-refractivity contribution is 5.87. The van der Waals surface area contributed by atoms with Crippen LogP contribution in [0.1, 0.15) is 41.5 Å². The van der Waals surface area contributed by atoms with Crippen LogP contribution in [-0.4, -0.2) is 47.1 Å². The second-order valence-electron chi connectivity index (χ2n) is 6.15. The fraction of sp³-hybridized carbons (Fsp3) is 0.846. The van der Waals surface area contributed by atoms with Crippen LogP contribution in [0.25, 0.3) is 0 Å². The van der Waals surface area contributed by atoms with Gasteiger partial charge in [-0.3, -0.25) is 9.59 Å². The zero-order valence-electron chi connectivity index (χ0n) is 12.3. The smallest absolute Gasteiger partial charge is 0.242 e. The van der Waals surface area contributed by atoms with Gasteiger partial charge in [0.25, 0.3) is 0 Å². The third kappa shape index (κ3) is 6.59. The molecule has 0 aliphatic heterocycles. The maximum Gasteiger partial charge on any atom is 0.242 e. The summed E-state index contributed by atoms with van der Waals surface area (Å²) in [4.78, 5) is 25.0. The Morgan fingerprint density at radius 2 is 1.67 bits per heavy atom. The summed E-state index contributed by atoms with van der Waals surface area (Å²) in [5.41, 5.74) is -1.44. The van der Waals surface area contributed by atoms with Gasteiger partial charge in [0.05, 0.1) is 12.1 Å². The summed E-state index contributed by atoms with van der Waals surface area (Å²) in [5.74, 6) is -0.340. The van der Waals surface area contributed by atoms with Crippen molar-refractivity contribution in [3.63, 3.8) is 0 Å². The molecule has 0 heterocycles. The van der Waals surface area contributed by atoms with E-state index in [2.05, 4.69) is 5.32 Å². The minimum atomic E-state index is -0.931. The summed E-state index contributed by atoms with van der Waals surface area (Å²) in [5, 5.41) is 12.3. The first-order valence-electron chi connectivity index (χ1n) is 6.26. The summed E-state index contributed by atoms with van der Waals surface area (Å²) < 4.78 is 0. The third-order valence-corrected chi connectivity index (χ3v) is 2.39. The Morgan fingerprint density at radius 3 is 2.00 bits per heavy atom. The second-order valence-corrected chi connectivity index (χ2v) is 6.15. The van der Waals surface area contributed by atoms with E-state index in [4.69, 9.17) is 0 Å². The monoisotopic (exact) mass is 258 g/mol. The van der Waals surface area contributed by atoms with Crippen molar-refractivity contribution in [1.29, 1.82) is 0 Å². The van der Waals surface area contributed by atoms with Gasteiger partial charge in [-0.05, 0) is 20.8 Å². The molecule has 0 aliphatic rings. The molecule has 0 aromatic rings. The van der Waals surface area contributed by atoms with Crippen LogP contribution in [-0.2, 0) is 9.59 Å². The van der Waals surface area contributed by atoms with Gasteiger partial charge >= 0.3 is 0 Å². The Morgan fingerprint density at radius 1 is 1.17 bits per heavy atom. The molecule has 2 N–H and O–H groups in total. The molecule has 5 heteroatoms. The Balaban J connectivity index is 4.35. The number of carbonyl (C=O) groups is 2. The van der Waals surface area contributed by atoms with Gasteiger partial charge in [0, 0.05) is 18.5 Å². The van der Waals surface area contributed by atoms with Gasteiger partial charge in [0.1, 0.15) is 0 Å². The summed E-state index contributed by atoms with van der Waals surface area (Å²) in [7, 11) is 0. The fourth-order valence-corrected chi connectivity index (χ4v) is 1.38. The molecular formula is C13H26N2O3. The molecule has 18 heavy (non-hydrogen) atoms. The fourth-order valence-electron chi connectivity index (χ4n) is 1.38. The van der Waals surface area contributed by atoms with Crippen LogP contribution in [0.4, 0.5) is 0 Å². The van der Waals surface area contributed by atoms with E-state index in [9.17, 15) is 14.7 Å². The lowest BCUT2D eigenvalue weighted by Crippen LogP contribution is -2.47. The highest BCUT2D eigenvalue weighted by atomic mass is 16.3. The zero-order valence-corrected chi connectivity index (χ0v) is 12.3. The van der Waals surface area contributed by atoms with Crippen molar-refractivity contribution in [3.8, 4) is 0 Å². The highest BCUT2D eigenvalue weighted by Crippen LogP contribution is 2.12. The van der Waals surface area contributed by atoms with E-state index in [1.807, 2.05) is 6.92 Å². The lowest BCUT2D eigenvalue weighted by Gasteiger charge is -2.28. The average Bonchev–Trinajstić information content (AvgIpc) is 2.19. The number of aliphatic hydroxyl groups is 1. The standard InChI is InChI=1S/C13H26N2O3/c1-7-15(9-13(5,6)18)10(16)8-14-11(17)12(2,3)4/h18H,7-9H2,1-6H3,(H,14,17). The van der Waals surface area contributed by atoms with Gasteiger partial charge in [0.2, 0.25) is 11.8 Å². The van der Waals surface area contributed by atoms with E-state index in [-0.39, 0.29) is 24.9 Å². The summed E-state index contributed by atoms with van der Waals surface area (Å²) >= 11 is 0. The second kappa shape index (κ2) is 6.18. The molecule has 0 bridgehead atoms. The van der Waals surface area contributed by atoms with Gasteiger partial charge in [-0.1, -0.05) is 20.8 Å². The first-order valence-corrected chi connectivity index (χ1v) is 6.26. The van der Waals surface area contributed by atoms with E-state index >= 15 is 0 Å². The van der Waals surface area contributed by atoms with Crippen molar-refractivity contribution >= 4 is 11.8 Å². The number of hydrogen-bond acceptors (Lipinski definition) is 3. The number of hydrogen-bond donors (Lipinski definition) is 2. The molecule has 0 fully saturated rings. The minimum Gasteiger partial charge on any atom is -0.389 e. The number of rotatable bonds is 5. The van der Waals surface area contributed by atoms with Crippen LogP contribution < -0.4 is 5.32 Å². The number of amides is 2. The van der Waals surface area contributed by atoms with Crippen LogP contribution in [0.3, 0.4) is 0 Å². The molecular weight excluding hydrogens is 232 g/mol. The van der Waals surface area contributed by atoms with Crippen LogP contribution in [0.2, 0.25) is 0 Å². The lowest BCUT2D eigenvalue weighted by atomic mass is 9.96. The van der Waals surface area contributed by atoms with Crippen molar-refractivity contribution < 1.29 is 14.7 Å². The maximum absolute atomic E-state index is 11.9. The molecule has 106 valence electrons. The molecule has 0 radical (unpaired) electrons. The number of nitrogens with zero attached hydrogens (tertiary/aromatic N) is 1. The number of likely N-dealkylation sites (N-methyl/N-ethyl adjacent to an activating group) is 1. The molecule has 0 unspecified atom stereocenters. The number of carbonyl (C=O) groups excluding carboxylic acids is 2. The van der Waals surface area contributed by atoms with Gasteiger partial charge < -0.3 is 15.3 Å². The first kappa shape index (κ1) is 16.9. The van der Waals surface area contributed by atoms with Gasteiger partial charge in [-0.25, -0.2) is 0 Å². The van der Waals surface area contributed by atoms with Crippen molar-refractivity contribution in [2.45, 2.75) is 47.1 Å². The summed E-state index contributed by atoms with van der Waals surface area (Å²) in [6, 6.07) is 0. The van der Waals surface area contributed by atoms with Gasteiger partial charge in [0.15, 0.2) is 0 Å². The van der Waals surface area contributed by atoms with E-state index in [0.717, 1.165) is 0 Å². The Bertz CT molecular complexity index is 300. The van der Waals surface area contributed by atoms with Crippen molar-refractivity contribution in [2.75, 3.05) is 19.6 Å². The van der Waals surface area contributed by atoms with Crippen molar-refractivity contribution in [3.05, 3.63) is 0 Å². The molecule has 2 amide bonds. The summed E-state index contributed by atoms with van der Waals surface area (Å²) in [6.07, 6.45) is 0. The first-order chi connectivity index (χ1) is 7.97. The zero-order chi connectivity index (χ0) is 14.6. The molecule has 5 nitrogen and oxygen atoms in total.